The second-order valence-corrected chi connectivity index (χ2v) is 5.43. The zero-order chi connectivity index (χ0) is 15.2. The van der Waals surface area contributed by atoms with Crippen LogP contribution in [0.25, 0.3) is 0 Å². The van der Waals surface area contributed by atoms with Crippen LogP contribution in [0, 0.1) is 13.8 Å². The number of aryl methyl sites for hydroxylation is 2. The fourth-order valence-corrected chi connectivity index (χ4v) is 2.13. The van der Waals surface area contributed by atoms with E-state index in [1.807, 2.05) is 38.4 Å². The lowest BCUT2D eigenvalue weighted by Crippen LogP contribution is -2.22. The molecule has 4 nitrogen and oxygen atoms in total. The van der Waals surface area contributed by atoms with Crippen molar-refractivity contribution in [3.63, 3.8) is 0 Å². The highest BCUT2D eigenvalue weighted by atomic mass is 16.5. The number of nitrogens with two attached hydrogens (primary N) is 1. The normalized spacial score (nSPS) is 12.2. The molecule has 2 aromatic rings. The smallest absolute Gasteiger partial charge is 0.141 e. The standard InChI is InChI=1S/C17H23N3O/c1-4-15(18)8-16-17(6-5-13(3)20-16)21-11-14-7-12(2)9-19-10-14/h5-7,9-10,15H,4,8,11,18H2,1-3H3. The first-order valence-electron chi connectivity index (χ1n) is 7.34. The fourth-order valence-electron chi connectivity index (χ4n) is 2.13. The van der Waals surface area contributed by atoms with Crippen molar-refractivity contribution in [1.29, 1.82) is 0 Å². The van der Waals surface area contributed by atoms with Gasteiger partial charge in [-0.15, -0.1) is 0 Å². The Morgan fingerprint density at radius 2 is 2.05 bits per heavy atom. The first-order chi connectivity index (χ1) is 10.1. The summed E-state index contributed by atoms with van der Waals surface area (Å²) in [4.78, 5) is 8.75. The van der Waals surface area contributed by atoms with Crippen LogP contribution in [0.2, 0.25) is 0 Å². The molecule has 0 saturated heterocycles. The number of aromatic nitrogens is 2. The van der Waals surface area contributed by atoms with Gasteiger partial charge < -0.3 is 10.5 Å². The molecule has 0 aliphatic rings. The van der Waals surface area contributed by atoms with E-state index in [4.69, 9.17) is 10.5 Å². The number of hydrogen-bond acceptors (Lipinski definition) is 4. The van der Waals surface area contributed by atoms with Gasteiger partial charge in [0.1, 0.15) is 12.4 Å². The van der Waals surface area contributed by atoms with Crippen LogP contribution in [-0.2, 0) is 13.0 Å². The van der Waals surface area contributed by atoms with Crippen molar-refractivity contribution in [2.75, 3.05) is 0 Å². The maximum Gasteiger partial charge on any atom is 0.141 e. The molecule has 0 saturated carbocycles. The Morgan fingerprint density at radius 1 is 1.24 bits per heavy atom. The molecule has 2 rings (SSSR count). The van der Waals surface area contributed by atoms with Gasteiger partial charge in [0.25, 0.3) is 0 Å². The molecule has 1 atom stereocenters. The maximum absolute atomic E-state index is 6.05. The van der Waals surface area contributed by atoms with E-state index in [0.29, 0.717) is 6.61 Å². The quantitative estimate of drug-likeness (QED) is 0.886. The molecule has 4 heteroatoms. The first-order valence-corrected chi connectivity index (χ1v) is 7.34. The van der Waals surface area contributed by atoms with Crippen LogP contribution in [0.1, 0.15) is 35.9 Å². The van der Waals surface area contributed by atoms with Gasteiger partial charge in [-0.05, 0) is 44.0 Å². The third-order valence-electron chi connectivity index (χ3n) is 3.38. The SMILES string of the molecule is CCC(N)Cc1nc(C)ccc1OCc1cncc(C)c1. The zero-order valence-electron chi connectivity index (χ0n) is 13.0. The van der Waals surface area contributed by atoms with Crippen molar-refractivity contribution in [2.24, 2.45) is 5.73 Å². The van der Waals surface area contributed by atoms with Gasteiger partial charge >= 0.3 is 0 Å². The molecule has 0 fully saturated rings. The summed E-state index contributed by atoms with van der Waals surface area (Å²) in [5.41, 5.74) is 10.2. The van der Waals surface area contributed by atoms with Crippen molar-refractivity contribution < 1.29 is 4.74 Å². The summed E-state index contributed by atoms with van der Waals surface area (Å²) in [7, 11) is 0. The molecule has 21 heavy (non-hydrogen) atoms. The zero-order valence-corrected chi connectivity index (χ0v) is 13.0. The Hall–Kier alpha value is -1.94. The van der Waals surface area contributed by atoms with Crippen molar-refractivity contribution in [3.05, 3.63) is 53.1 Å². The van der Waals surface area contributed by atoms with Gasteiger partial charge in [-0.25, -0.2) is 0 Å². The number of pyridine rings is 2. The average molecular weight is 285 g/mol. The van der Waals surface area contributed by atoms with E-state index >= 15 is 0 Å². The summed E-state index contributed by atoms with van der Waals surface area (Å²) >= 11 is 0. The third kappa shape index (κ3) is 4.53. The van der Waals surface area contributed by atoms with Crippen molar-refractivity contribution >= 4 is 0 Å². The molecule has 0 aromatic carbocycles. The van der Waals surface area contributed by atoms with Crippen molar-refractivity contribution in [2.45, 2.75) is 46.3 Å². The summed E-state index contributed by atoms with van der Waals surface area (Å²) in [6.07, 6.45) is 5.32. The number of hydrogen-bond donors (Lipinski definition) is 1. The van der Waals surface area contributed by atoms with Crippen LogP contribution >= 0.6 is 0 Å². The van der Waals surface area contributed by atoms with Crippen LogP contribution in [0.3, 0.4) is 0 Å². The minimum absolute atomic E-state index is 0.113. The molecule has 2 N–H and O–H groups in total. The predicted molar refractivity (Wildman–Crippen MR) is 84.3 cm³/mol. The Bertz CT molecular complexity index is 598. The van der Waals surface area contributed by atoms with Gasteiger partial charge in [-0.3, -0.25) is 9.97 Å². The molecule has 0 radical (unpaired) electrons. The minimum Gasteiger partial charge on any atom is -0.487 e. The Balaban J connectivity index is 2.11. The van der Waals surface area contributed by atoms with Gasteiger partial charge in [0, 0.05) is 36.1 Å². The van der Waals surface area contributed by atoms with Gasteiger partial charge in [0.05, 0.1) is 5.69 Å². The van der Waals surface area contributed by atoms with E-state index in [1.165, 1.54) is 0 Å². The lowest BCUT2D eigenvalue weighted by Gasteiger charge is -2.14. The van der Waals surface area contributed by atoms with E-state index < -0.39 is 0 Å². The molecule has 0 spiro atoms. The number of ether oxygens (including phenoxy) is 1. The number of rotatable bonds is 6. The van der Waals surface area contributed by atoms with Crippen LogP contribution in [-0.4, -0.2) is 16.0 Å². The topological polar surface area (TPSA) is 61.0 Å². The van der Waals surface area contributed by atoms with Crippen molar-refractivity contribution in [1.82, 2.24) is 9.97 Å². The average Bonchev–Trinajstić information content (AvgIpc) is 2.46. The summed E-state index contributed by atoms with van der Waals surface area (Å²) in [6, 6.07) is 6.13. The highest BCUT2D eigenvalue weighted by molar-refractivity contribution is 5.30. The molecular formula is C17H23N3O. The summed E-state index contributed by atoms with van der Waals surface area (Å²) in [6.45, 7) is 6.58. The molecule has 0 bridgehead atoms. The summed E-state index contributed by atoms with van der Waals surface area (Å²) < 4.78 is 5.92. The largest absolute Gasteiger partial charge is 0.487 e. The molecule has 0 aliphatic carbocycles. The van der Waals surface area contributed by atoms with Gasteiger partial charge in [-0.1, -0.05) is 6.92 Å². The second kappa shape index (κ2) is 7.18. The van der Waals surface area contributed by atoms with E-state index in [-0.39, 0.29) is 6.04 Å². The molecule has 0 amide bonds. The highest BCUT2D eigenvalue weighted by Crippen LogP contribution is 2.20. The molecule has 2 aromatic heterocycles. The maximum atomic E-state index is 6.05. The Morgan fingerprint density at radius 3 is 2.76 bits per heavy atom. The molecular weight excluding hydrogens is 262 g/mol. The molecule has 1 unspecified atom stereocenters. The highest BCUT2D eigenvalue weighted by Gasteiger charge is 2.10. The lowest BCUT2D eigenvalue weighted by molar-refractivity contribution is 0.299. The van der Waals surface area contributed by atoms with Crippen LogP contribution in [0.5, 0.6) is 5.75 Å². The van der Waals surface area contributed by atoms with E-state index in [9.17, 15) is 0 Å². The van der Waals surface area contributed by atoms with E-state index in [2.05, 4.69) is 23.0 Å². The van der Waals surface area contributed by atoms with Crippen LogP contribution in [0.4, 0.5) is 0 Å². The van der Waals surface area contributed by atoms with Crippen LogP contribution < -0.4 is 10.5 Å². The van der Waals surface area contributed by atoms with E-state index in [0.717, 1.165) is 41.1 Å². The molecule has 2 heterocycles. The Kier molecular flexibility index (Phi) is 5.28. The summed E-state index contributed by atoms with van der Waals surface area (Å²) in [5, 5.41) is 0. The van der Waals surface area contributed by atoms with Crippen molar-refractivity contribution in [3.8, 4) is 5.75 Å². The van der Waals surface area contributed by atoms with Gasteiger partial charge in [-0.2, -0.15) is 0 Å². The van der Waals surface area contributed by atoms with Crippen LogP contribution in [0.15, 0.2) is 30.6 Å². The van der Waals surface area contributed by atoms with E-state index in [1.54, 1.807) is 0 Å². The second-order valence-electron chi connectivity index (χ2n) is 5.43. The predicted octanol–water partition coefficient (Wildman–Crippen LogP) is 2.95. The Labute approximate surface area is 126 Å². The van der Waals surface area contributed by atoms with Gasteiger partial charge in [0.15, 0.2) is 0 Å². The molecule has 0 aliphatic heterocycles. The third-order valence-corrected chi connectivity index (χ3v) is 3.38. The van der Waals surface area contributed by atoms with Gasteiger partial charge in [0.2, 0.25) is 0 Å². The molecule has 112 valence electrons. The number of nitrogens with zero attached hydrogens (tertiary/aromatic N) is 2. The first kappa shape index (κ1) is 15.4. The summed E-state index contributed by atoms with van der Waals surface area (Å²) in [5.74, 6) is 0.811. The fraction of sp³-hybridized carbons (Fsp3) is 0.412. The minimum atomic E-state index is 0.113. The monoisotopic (exact) mass is 285 g/mol. The lowest BCUT2D eigenvalue weighted by atomic mass is 10.1.